The van der Waals surface area contributed by atoms with Crippen LogP contribution in [0.15, 0.2) is 6.07 Å². The second kappa shape index (κ2) is 8.39. The van der Waals surface area contributed by atoms with Crippen LogP contribution >= 0.6 is 11.3 Å². The highest BCUT2D eigenvalue weighted by molar-refractivity contribution is 7.12. The summed E-state index contributed by atoms with van der Waals surface area (Å²) in [5, 5.41) is 11.9. The standard InChI is InChI=1S/C17H23NO5S/c1-10-8-13(11(2)24-10)14(19)5-6-15(20)18-16(17(21)22)12-4-3-7-23-9-12/h8,12,16H,3-7,9H2,1-2H3,(H,18,20)(H,21,22). The van der Waals surface area contributed by atoms with Crippen LogP contribution in [0, 0.1) is 19.8 Å². The number of nitrogens with one attached hydrogen (secondary N) is 1. The molecule has 1 aliphatic heterocycles. The largest absolute Gasteiger partial charge is 0.480 e. The van der Waals surface area contributed by atoms with Crippen molar-refractivity contribution in [3.8, 4) is 0 Å². The quantitative estimate of drug-likeness (QED) is 0.734. The zero-order valence-corrected chi connectivity index (χ0v) is 14.8. The van der Waals surface area contributed by atoms with Crippen molar-refractivity contribution in [2.75, 3.05) is 13.2 Å². The van der Waals surface area contributed by atoms with Crippen LogP contribution in [0.5, 0.6) is 0 Å². The lowest BCUT2D eigenvalue weighted by atomic mass is 9.93. The highest BCUT2D eigenvalue weighted by Crippen LogP contribution is 2.22. The number of carboxylic acids is 1. The van der Waals surface area contributed by atoms with Gasteiger partial charge in [-0.3, -0.25) is 9.59 Å². The van der Waals surface area contributed by atoms with Crippen LogP contribution in [0.3, 0.4) is 0 Å². The number of amides is 1. The van der Waals surface area contributed by atoms with Crippen LogP contribution in [-0.4, -0.2) is 42.0 Å². The van der Waals surface area contributed by atoms with E-state index >= 15 is 0 Å². The fraction of sp³-hybridized carbons (Fsp3) is 0.588. The summed E-state index contributed by atoms with van der Waals surface area (Å²) in [7, 11) is 0. The van der Waals surface area contributed by atoms with E-state index in [9.17, 15) is 19.5 Å². The van der Waals surface area contributed by atoms with Crippen LogP contribution in [-0.2, 0) is 14.3 Å². The molecule has 0 bridgehead atoms. The minimum Gasteiger partial charge on any atom is -0.480 e. The number of carbonyl (C=O) groups is 3. The molecule has 24 heavy (non-hydrogen) atoms. The Labute approximate surface area is 145 Å². The summed E-state index contributed by atoms with van der Waals surface area (Å²) in [6.45, 7) is 4.79. The average molecular weight is 353 g/mol. The van der Waals surface area contributed by atoms with E-state index in [2.05, 4.69) is 5.32 Å². The van der Waals surface area contributed by atoms with Gasteiger partial charge in [0.25, 0.3) is 0 Å². The number of thiophene rings is 1. The van der Waals surface area contributed by atoms with Crippen molar-refractivity contribution in [1.82, 2.24) is 5.32 Å². The van der Waals surface area contributed by atoms with Gasteiger partial charge in [0.15, 0.2) is 5.78 Å². The number of ether oxygens (including phenoxy) is 1. The summed E-state index contributed by atoms with van der Waals surface area (Å²) in [6.07, 6.45) is 1.57. The highest BCUT2D eigenvalue weighted by Gasteiger charge is 2.31. The van der Waals surface area contributed by atoms with Gasteiger partial charge >= 0.3 is 5.97 Å². The number of ketones is 1. The summed E-state index contributed by atoms with van der Waals surface area (Å²) in [4.78, 5) is 37.7. The molecule has 1 aliphatic rings. The Balaban J connectivity index is 1.87. The molecule has 2 N–H and O–H groups in total. The van der Waals surface area contributed by atoms with Crippen molar-refractivity contribution in [2.24, 2.45) is 5.92 Å². The summed E-state index contributed by atoms with van der Waals surface area (Å²) in [5.74, 6) is -1.78. The van der Waals surface area contributed by atoms with Gasteiger partial charge in [0.1, 0.15) is 6.04 Å². The van der Waals surface area contributed by atoms with Gasteiger partial charge in [0, 0.05) is 40.7 Å². The van der Waals surface area contributed by atoms with Crippen LogP contribution in [0.2, 0.25) is 0 Å². The molecule has 1 aromatic heterocycles. The van der Waals surface area contributed by atoms with E-state index in [-0.39, 0.29) is 24.5 Å². The Morgan fingerprint density at radius 3 is 2.67 bits per heavy atom. The van der Waals surface area contributed by atoms with Gasteiger partial charge in [-0.15, -0.1) is 11.3 Å². The van der Waals surface area contributed by atoms with Gasteiger partial charge in [0.2, 0.25) is 5.91 Å². The molecular weight excluding hydrogens is 330 g/mol. The van der Waals surface area contributed by atoms with Crippen LogP contribution < -0.4 is 5.32 Å². The molecule has 7 heteroatoms. The van der Waals surface area contributed by atoms with Gasteiger partial charge < -0.3 is 15.2 Å². The molecule has 2 atom stereocenters. The van der Waals surface area contributed by atoms with Crippen molar-refractivity contribution in [1.29, 1.82) is 0 Å². The molecular formula is C17H23NO5S. The number of hydrogen-bond donors (Lipinski definition) is 2. The topological polar surface area (TPSA) is 92.7 Å². The van der Waals surface area contributed by atoms with Gasteiger partial charge in [-0.1, -0.05) is 0 Å². The molecule has 0 spiro atoms. The lowest BCUT2D eigenvalue weighted by Crippen LogP contribution is -2.48. The highest BCUT2D eigenvalue weighted by atomic mass is 32.1. The molecule has 0 aromatic carbocycles. The summed E-state index contributed by atoms with van der Waals surface area (Å²) < 4.78 is 5.30. The molecule has 2 unspecified atom stereocenters. The lowest BCUT2D eigenvalue weighted by molar-refractivity contribution is -0.145. The first-order valence-electron chi connectivity index (χ1n) is 8.08. The molecule has 1 amide bonds. The van der Waals surface area contributed by atoms with Crippen molar-refractivity contribution in [3.63, 3.8) is 0 Å². The molecule has 0 aliphatic carbocycles. The first-order valence-corrected chi connectivity index (χ1v) is 8.90. The molecule has 1 saturated heterocycles. The van der Waals surface area contributed by atoms with Gasteiger partial charge in [-0.2, -0.15) is 0 Å². The third-order valence-electron chi connectivity index (χ3n) is 4.17. The maximum absolute atomic E-state index is 12.2. The first-order chi connectivity index (χ1) is 11.4. The second-order valence-electron chi connectivity index (χ2n) is 6.11. The molecule has 1 fully saturated rings. The molecule has 1 aromatic rings. The Bertz CT molecular complexity index is 618. The summed E-state index contributed by atoms with van der Waals surface area (Å²) in [6, 6.07) is 0.873. The predicted molar refractivity (Wildman–Crippen MR) is 90.5 cm³/mol. The Morgan fingerprint density at radius 1 is 1.38 bits per heavy atom. The second-order valence-corrected chi connectivity index (χ2v) is 7.57. The van der Waals surface area contributed by atoms with E-state index in [1.165, 1.54) is 0 Å². The number of hydrogen-bond acceptors (Lipinski definition) is 5. The number of Topliss-reactive ketones (excluding diaryl/α,β-unsaturated/α-hetero) is 1. The number of rotatable bonds is 7. The van der Waals surface area contributed by atoms with Gasteiger partial charge in [-0.05, 0) is 32.8 Å². The molecule has 0 radical (unpaired) electrons. The van der Waals surface area contributed by atoms with E-state index in [4.69, 9.17) is 4.74 Å². The zero-order valence-electron chi connectivity index (χ0n) is 14.0. The van der Waals surface area contributed by atoms with Gasteiger partial charge in [-0.25, -0.2) is 4.79 Å². The number of aryl methyl sites for hydroxylation is 2. The maximum atomic E-state index is 12.2. The number of carboxylic acid groups (broad SMARTS) is 1. The zero-order chi connectivity index (χ0) is 17.7. The molecule has 6 nitrogen and oxygen atoms in total. The Morgan fingerprint density at radius 2 is 2.12 bits per heavy atom. The van der Waals surface area contributed by atoms with Crippen molar-refractivity contribution in [2.45, 2.75) is 45.6 Å². The SMILES string of the molecule is Cc1cc(C(=O)CCC(=O)NC(C(=O)O)C2CCCOC2)c(C)s1. The Hall–Kier alpha value is -1.73. The van der Waals surface area contributed by atoms with E-state index in [0.29, 0.717) is 25.2 Å². The third kappa shape index (κ3) is 4.88. The van der Waals surface area contributed by atoms with Crippen molar-refractivity contribution in [3.05, 3.63) is 21.4 Å². The van der Waals surface area contributed by atoms with Crippen molar-refractivity contribution >= 4 is 29.0 Å². The maximum Gasteiger partial charge on any atom is 0.326 e. The van der Waals surface area contributed by atoms with Crippen LogP contribution in [0.25, 0.3) is 0 Å². The normalized spacial score (nSPS) is 18.8. The molecule has 2 heterocycles. The monoisotopic (exact) mass is 353 g/mol. The minimum absolute atomic E-state index is 0.00940. The number of aliphatic carboxylic acids is 1. The van der Waals surface area contributed by atoms with E-state index in [1.807, 2.05) is 19.9 Å². The lowest BCUT2D eigenvalue weighted by Gasteiger charge is -2.28. The Kier molecular flexibility index (Phi) is 6.51. The fourth-order valence-electron chi connectivity index (χ4n) is 2.92. The summed E-state index contributed by atoms with van der Waals surface area (Å²) >= 11 is 1.55. The molecule has 132 valence electrons. The first kappa shape index (κ1) is 18.6. The fourth-order valence-corrected chi connectivity index (χ4v) is 3.87. The van der Waals surface area contributed by atoms with Crippen molar-refractivity contribution < 1.29 is 24.2 Å². The third-order valence-corrected chi connectivity index (χ3v) is 5.14. The minimum atomic E-state index is -1.06. The smallest absolute Gasteiger partial charge is 0.326 e. The molecule has 2 rings (SSSR count). The van der Waals surface area contributed by atoms with Crippen LogP contribution in [0.1, 0.15) is 45.8 Å². The van der Waals surface area contributed by atoms with E-state index < -0.39 is 17.9 Å². The van der Waals surface area contributed by atoms with Crippen LogP contribution in [0.4, 0.5) is 0 Å². The summed E-state index contributed by atoms with van der Waals surface area (Å²) in [5.41, 5.74) is 0.653. The molecule has 0 saturated carbocycles. The van der Waals surface area contributed by atoms with E-state index in [0.717, 1.165) is 16.2 Å². The average Bonchev–Trinajstić information content (AvgIpc) is 2.89. The van der Waals surface area contributed by atoms with E-state index in [1.54, 1.807) is 11.3 Å². The predicted octanol–water partition coefficient (Wildman–Crippen LogP) is 2.32. The van der Waals surface area contributed by atoms with Gasteiger partial charge in [0.05, 0.1) is 6.61 Å². The number of carbonyl (C=O) groups excluding carboxylic acids is 2.